The van der Waals surface area contributed by atoms with Gasteiger partial charge in [-0.15, -0.1) is 11.3 Å². The zero-order valence-electron chi connectivity index (χ0n) is 19.6. The van der Waals surface area contributed by atoms with E-state index in [1.54, 1.807) is 11.3 Å². The van der Waals surface area contributed by atoms with Crippen LogP contribution in [0.1, 0.15) is 68.5 Å². The van der Waals surface area contributed by atoms with Gasteiger partial charge in [-0.05, 0) is 59.4 Å². The summed E-state index contributed by atoms with van der Waals surface area (Å²) < 4.78 is 6.11. The van der Waals surface area contributed by atoms with Gasteiger partial charge in [-0.1, -0.05) is 64.4 Å². The molecule has 1 aromatic heterocycles. The highest BCUT2D eigenvalue weighted by Gasteiger charge is 2.32. The van der Waals surface area contributed by atoms with Crippen LogP contribution in [-0.2, 0) is 12.8 Å². The van der Waals surface area contributed by atoms with E-state index in [4.69, 9.17) is 9.73 Å². The number of unbranched alkanes of at least 4 members (excludes halogenated alkanes) is 1. The van der Waals surface area contributed by atoms with Crippen LogP contribution in [0.2, 0.25) is 0 Å². The van der Waals surface area contributed by atoms with Crippen molar-refractivity contribution in [2.24, 2.45) is 16.3 Å². The van der Waals surface area contributed by atoms with Gasteiger partial charge in [0.2, 0.25) is 0 Å². The van der Waals surface area contributed by atoms with Gasteiger partial charge in [0.1, 0.15) is 16.8 Å². The Labute approximate surface area is 195 Å². The molecule has 0 amide bonds. The first-order valence-corrected chi connectivity index (χ1v) is 12.5. The SMILES string of the molecule is CCCCOc1ccc2ccccc2c1C=Nc1sc2c(c1C#N)CC[C@H](C(C)(C)C)C2. The maximum atomic E-state index is 9.91. The fraction of sp³-hybridized carbons (Fsp3) is 0.429. The van der Waals surface area contributed by atoms with Crippen LogP contribution in [0.25, 0.3) is 10.8 Å². The molecule has 0 fully saturated rings. The van der Waals surface area contributed by atoms with Crippen LogP contribution in [0, 0.1) is 22.7 Å². The second-order valence-electron chi connectivity index (χ2n) is 9.76. The van der Waals surface area contributed by atoms with Gasteiger partial charge in [-0.2, -0.15) is 5.26 Å². The Hall–Kier alpha value is -2.64. The van der Waals surface area contributed by atoms with E-state index in [0.717, 1.165) is 64.8 Å². The van der Waals surface area contributed by atoms with Crippen LogP contribution in [-0.4, -0.2) is 12.8 Å². The first kappa shape index (κ1) is 22.6. The lowest BCUT2D eigenvalue weighted by molar-refractivity contribution is 0.218. The van der Waals surface area contributed by atoms with Crippen molar-refractivity contribution in [1.29, 1.82) is 5.26 Å². The molecule has 0 bridgehead atoms. The van der Waals surface area contributed by atoms with Crippen molar-refractivity contribution >= 4 is 33.3 Å². The molecule has 0 unspecified atom stereocenters. The summed E-state index contributed by atoms with van der Waals surface area (Å²) in [6.45, 7) is 9.82. The summed E-state index contributed by atoms with van der Waals surface area (Å²) in [6.07, 6.45) is 7.19. The van der Waals surface area contributed by atoms with Gasteiger partial charge >= 0.3 is 0 Å². The molecule has 1 atom stereocenters. The molecule has 0 saturated carbocycles. The Balaban J connectivity index is 1.71. The lowest BCUT2D eigenvalue weighted by Crippen LogP contribution is -2.26. The first-order chi connectivity index (χ1) is 15.4. The fourth-order valence-corrected chi connectivity index (χ4v) is 5.72. The summed E-state index contributed by atoms with van der Waals surface area (Å²) >= 11 is 1.70. The monoisotopic (exact) mass is 444 g/mol. The van der Waals surface area contributed by atoms with Gasteiger partial charge < -0.3 is 4.74 Å². The summed E-state index contributed by atoms with van der Waals surface area (Å²) in [5.74, 6) is 1.50. The standard InChI is InChI=1S/C28H32N2OS/c1-5-6-15-31-25-14-11-19-9-7-8-10-21(19)24(25)18-30-27-23(17-29)22-13-12-20(28(2,3)4)16-26(22)32-27/h7-11,14,18,20H,5-6,12-13,15-16H2,1-4H3/t20-/m0/s1. The van der Waals surface area contributed by atoms with E-state index in [0.29, 0.717) is 12.5 Å². The van der Waals surface area contributed by atoms with E-state index in [2.05, 4.69) is 52.0 Å². The molecule has 0 saturated heterocycles. The molecule has 0 N–H and O–H groups in total. The first-order valence-electron chi connectivity index (χ1n) is 11.7. The summed E-state index contributed by atoms with van der Waals surface area (Å²) in [4.78, 5) is 6.21. The zero-order valence-corrected chi connectivity index (χ0v) is 20.4. The Morgan fingerprint density at radius 1 is 1.22 bits per heavy atom. The number of benzene rings is 2. The maximum absolute atomic E-state index is 9.91. The van der Waals surface area contributed by atoms with Crippen molar-refractivity contribution in [3.63, 3.8) is 0 Å². The Morgan fingerprint density at radius 2 is 2.03 bits per heavy atom. The molecule has 0 radical (unpaired) electrons. The molecule has 0 spiro atoms. The highest BCUT2D eigenvalue weighted by atomic mass is 32.1. The molecular formula is C28H32N2OS. The van der Waals surface area contributed by atoms with Gasteiger partial charge in [0.25, 0.3) is 0 Å². The summed E-state index contributed by atoms with van der Waals surface area (Å²) in [7, 11) is 0. The third-order valence-electron chi connectivity index (χ3n) is 6.58. The molecule has 1 aliphatic carbocycles. The van der Waals surface area contributed by atoms with E-state index in [-0.39, 0.29) is 5.41 Å². The number of rotatable bonds is 6. The lowest BCUT2D eigenvalue weighted by Gasteiger charge is -2.33. The fourth-order valence-electron chi connectivity index (χ4n) is 4.50. The maximum Gasteiger partial charge on any atom is 0.134 e. The molecule has 2 aromatic carbocycles. The summed E-state index contributed by atoms with van der Waals surface area (Å²) in [5, 5.41) is 13.0. The van der Waals surface area contributed by atoms with Crippen LogP contribution in [0.15, 0.2) is 41.4 Å². The number of aliphatic imine (C=N–C) groups is 1. The normalized spacial score (nSPS) is 16.3. The molecule has 4 rings (SSSR count). The molecule has 0 aliphatic heterocycles. The van der Waals surface area contributed by atoms with Crippen LogP contribution in [0.4, 0.5) is 5.00 Å². The third-order valence-corrected chi connectivity index (χ3v) is 7.74. The third kappa shape index (κ3) is 4.59. The highest BCUT2D eigenvalue weighted by molar-refractivity contribution is 7.16. The van der Waals surface area contributed by atoms with Crippen molar-refractivity contribution in [2.45, 2.75) is 59.8 Å². The van der Waals surface area contributed by atoms with Gasteiger partial charge in [-0.25, -0.2) is 4.99 Å². The molecule has 3 aromatic rings. The van der Waals surface area contributed by atoms with E-state index in [9.17, 15) is 5.26 Å². The summed E-state index contributed by atoms with van der Waals surface area (Å²) in [5.41, 5.74) is 3.26. The van der Waals surface area contributed by atoms with Crippen molar-refractivity contribution in [2.75, 3.05) is 6.61 Å². The number of ether oxygens (including phenoxy) is 1. The van der Waals surface area contributed by atoms with Crippen molar-refractivity contribution in [3.8, 4) is 11.8 Å². The van der Waals surface area contributed by atoms with E-state index in [1.165, 1.54) is 10.4 Å². The lowest BCUT2D eigenvalue weighted by atomic mass is 9.72. The minimum atomic E-state index is 0.283. The average Bonchev–Trinajstić information content (AvgIpc) is 3.14. The largest absolute Gasteiger partial charge is 0.493 e. The second kappa shape index (κ2) is 9.46. The quantitative estimate of drug-likeness (QED) is 0.287. The topological polar surface area (TPSA) is 45.4 Å². The van der Waals surface area contributed by atoms with Crippen molar-refractivity contribution < 1.29 is 4.74 Å². The Morgan fingerprint density at radius 3 is 2.78 bits per heavy atom. The second-order valence-corrected chi connectivity index (χ2v) is 10.8. The molecule has 1 heterocycles. The molecule has 166 valence electrons. The van der Waals surface area contributed by atoms with Crippen LogP contribution < -0.4 is 4.74 Å². The smallest absolute Gasteiger partial charge is 0.134 e. The number of nitrogens with zero attached hydrogens (tertiary/aromatic N) is 2. The molecule has 4 heteroatoms. The van der Waals surface area contributed by atoms with Gasteiger partial charge in [0.15, 0.2) is 0 Å². The number of thiophene rings is 1. The van der Waals surface area contributed by atoms with Gasteiger partial charge in [0.05, 0.1) is 12.2 Å². The molecule has 32 heavy (non-hydrogen) atoms. The van der Waals surface area contributed by atoms with E-state index >= 15 is 0 Å². The Kier molecular flexibility index (Phi) is 6.67. The predicted molar refractivity (Wildman–Crippen MR) is 136 cm³/mol. The van der Waals surface area contributed by atoms with Crippen molar-refractivity contribution in [1.82, 2.24) is 0 Å². The number of hydrogen-bond donors (Lipinski definition) is 0. The van der Waals surface area contributed by atoms with Crippen LogP contribution in [0.3, 0.4) is 0 Å². The molecule has 3 nitrogen and oxygen atoms in total. The Bertz CT molecular complexity index is 1180. The zero-order chi connectivity index (χ0) is 22.7. The van der Waals surface area contributed by atoms with Crippen LogP contribution >= 0.6 is 11.3 Å². The highest BCUT2D eigenvalue weighted by Crippen LogP contribution is 2.45. The minimum absolute atomic E-state index is 0.283. The minimum Gasteiger partial charge on any atom is -0.493 e. The number of nitriles is 1. The van der Waals surface area contributed by atoms with E-state index < -0.39 is 0 Å². The molecular weight excluding hydrogens is 412 g/mol. The van der Waals surface area contributed by atoms with Crippen molar-refractivity contribution in [3.05, 3.63) is 58.0 Å². The molecule has 1 aliphatic rings. The van der Waals surface area contributed by atoms with Gasteiger partial charge in [-0.3, -0.25) is 0 Å². The number of fused-ring (bicyclic) bond motifs is 2. The predicted octanol–water partition coefficient (Wildman–Crippen LogP) is 7.85. The number of hydrogen-bond acceptors (Lipinski definition) is 4. The summed E-state index contributed by atoms with van der Waals surface area (Å²) in [6, 6.07) is 14.9. The van der Waals surface area contributed by atoms with Crippen LogP contribution in [0.5, 0.6) is 5.75 Å². The van der Waals surface area contributed by atoms with Gasteiger partial charge in [0, 0.05) is 16.7 Å². The average molecular weight is 445 g/mol. The van der Waals surface area contributed by atoms with E-state index in [1.807, 2.05) is 24.4 Å².